The van der Waals surface area contributed by atoms with Gasteiger partial charge < -0.3 is 19.7 Å². The molecule has 0 spiro atoms. The molecular weight excluding hydrogens is 416 g/mol. The molecule has 2 aliphatic rings. The van der Waals surface area contributed by atoms with Crippen LogP contribution in [0.3, 0.4) is 0 Å². The van der Waals surface area contributed by atoms with Gasteiger partial charge in [0.25, 0.3) is 5.91 Å². The highest BCUT2D eigenvalue weighted by atomic mass is 35.5. The lowest BCUT2D eigenvalue weighted by atomic mass is 10.1. The number of nitrogens with zero attached hydrogens (tertiary/aromatic N) is 3. The Balaban J connectivity index is 1.58. The van der Waals surface area contributed by atoms with Crippen LogP contribution in [0.4, 0.5) is 5.82 Å². The first-order valence-electron chi connectivity index (χ1n) is 10.6. The van der Waals surface area contributed by atoms with E-state index < -0.39 is 0 Å². The minimum Gasteiger partial charge on any atom is -0.496 e. The molecule has 1 aromatic heterocycles. The Morgan fingerprint density at radius 2 is 2.10 bits per heavy atom. The van der Waals surface area contributed by atoms with Gasteiger partial charge in [-0.05, 0) is 18.6 Å². The highest BCUT2D eigenvalue weighted by Gasteiger charge is 2.23. The first-order chi connectivity index (χ1) is 15.1. The molecule has 31 heavy (non-hydrogen) atoms. The summed E-state index contributed by atoms with van der Waals surface area (Å²) < 4.78 is 10.9. The summed E-state index contributed by atoms with van der Waals surface area (Å²) in [5.74, 6) is 2.12. The first-order valence-corrected chi connectivity index (χ1v) is 11.0. The Morgan fingerprint density at radius 3 is 2.84 bits per heavy atom. The van der Waals surface area contributed by atoms with Gasteiger partial charge in [0.1, 0.15) is 17.4 Å². The number of allylic oxidation sites excluding steroid dienone is 1. The second kappa shape index (κ2) is 9.66. The van der Waals surface area contributed by atoms with Gasteiger partial charge in [-0.3, -0.25) is 4.79 Å². The van der Waals surface area contributed by atoms with Gasteiger partial charge in [0, 0.05) is 48.6 Å². The van der Waals surface area contributed by atoms with Crippen molar-refractivity contribution in [2.75, 3.05) is 45.3 Å². The number of fused-ring (bicyclic) bond motifs is 1. The van der Waals surface area contributed by atoms with Gasteiger partial charge in [-0.1, -0.05) is 30.7 Å². The van der Waals surface area contributed by atoms with Crippen molar-refractivity contribution >= 4 is 28.4 Å². The summed E-state index contributed by atoms with van der Waals surface area (Å²) >= 11 is 6.38. The third-order valence-corrected chi connectivity index (χ3v) is 5.81. The molecule has 1 amide bonds. The number of amides is 1. The minimum atomic E-state index is -0.00583. The van der Waals surface area contributed by atoms with Crippen molar-refractivity contribution in [3.8, 4) is 5.75 Å². The summed E-state index contributed by atoms with van der Waals surface area (Å²) in [6.45, 7) is 5.28. The van der Waals surface area contributed by atoms with Crippen molar-refractivity contribution in [3.05, 3.63) is 52.5 Å². The summed E-state index contributed by atoms with van der Waals surface area (Å²) in [5, 5.41) is 4.07. The normalized spacial score (nSPS) is 15.5. The molecule has 0 bridgehead atoms. The monoisotopic (exact) mass is 442 g/mol. The Kier molecular flexibility index (Phi) is 6.73. The third-order valence-electron chi connectivity index (χ3n) is 5.47. The minimum absolute atomic E-state index is 0.00583. The highest BCUT2D eigenvalue weighted by molar-refractivity contribution is 6.49. The van der Waals surface area contributed by atoms with Gasteiger partial charge in [0.2, 0.25) is 0 Å². The number of carbonyl (C=O) groups excluding carboxylic acids is 1. The van der Waals surface area contributed by atoms with Crippen molar-refractivity contribution in [1.29, 1.82) is 0 Å². The molecule has 0 saturated carbocycles. The van der Waals surface area contributed by atoms with E-state index in [1.807, 2.05) is 23.1 Å². The van der Waals surface area contributed by atoms with Crippen LogP contribution in [0, 0.1) is 0 Å². The quantitative estimate of drug-likeness (QED) is 0.707. The van der Waals surface area contributed by atoms with Crippen LogP contribution in [-0.2, 0) is 17.6 Å². The maximum Gasteiger partial charge on any atom is 0.254 e. The van der Waals surface area contributed by atoms with E-state index in [2.05, 4.69) is 12.2 Å². The molecule has 4 rings (SSSR count). The highest BCUT2D eigenvalue weighted by Crippen LogP contribution is 2.35. The molecule has 1 aromatic carbocycles. The lowest BCUT2D eigenvalue weighted by molar-refractivity contribution is 0.0302. The molecule has 7 nitrogen and oxygen atoms in total. The summed E-state index contributed by atoms with van der Waals surface area (Å²) in [5.41, 5.74) is 3.38. The second-order valence-corrected chi connectivity index (χ2v) is 8.01. The van der Waals surface area contributed by atoms with Gasteiger partial charge in [-0.2, -0.15) is 0 Å². The molecule has 0 atom stereocenters. The standard InChI is InChI=1S/C23H27ClN4O3/c1-3-8-25-22-21-17(24)6-7-18(21)26-20(27-22)14-15-4-5-16(13-19(15)30-2)23(29)28-9-11-31-12-10-28/h4-6,13H,3,7-12,14H2,1-2H3,(H,25,26,27). The molecule has 0 radical (unpaired) electrons. The predicted octanol–water partition coefficient (Wildman–Crippen LogP) is 3.51. The van der Waals surface area contributed by atoms with E-state index in [0.717, 1.165) is 35.6 Å². The van der Waals surface area contributed by atoms with Crippen LogP contribution in [0.15, 0.2) is 24.3 Å². The number of hydrogen-bond acceptors (Lipinski definition) is 6. The maximum absolute atomic E-state index is 12.8. The van der Waals surface area contributed by atoms with Crippen molar-refractivity contribution in [1.82, 2.24) is 14.9 Å². The molecule has 1 saturated heterocycles. The summed E-state index contributed by atoms with van der Waals surface area (Å²) in [7, 11) is 1.61. The average Bonchev–Trinajstić information content (AvgIpc) is 3.18. The molecule has 8 heteroatoms. The first kappa shape index (κ1) is 21.6. The fourth-order valence-corrected chi connectivity index (χ4v) is 4.11. The summed E-state index contributed by atoms with van der Waals surface area (Å²) in [6.07, 6.45) is 4.16. The van der Waals surface area contributed by atoms with Crippen molar-refractivity contribution in [2.45, 2.75) is 26.2 Å². The van der Waals surface area contributed by atoms with E-state index in [1.54, 1.807) is 13.2 Å². The van der Waals surface area contributed by atoms with Crippen molar-refractivity contribution in [2.24, 2.45) is 0 Å². The van der Waals surface area contributed by atoms with Crippen LogP contribution >= 0.6 is 11.6 Å². The fraction of sp³-hybridized carbons (Fsp3) is 0.435. The van der Waals surface area contributed by atoms with E-state index in [4.69, 9.17) is 31.0 Å². The van der Waals surface area contributed by atoms with E-state index in [1.165, 1.54) is 0 Å². The largest absolute Gasteiger partial charge is 0.496 e. The molecule has 2 aromatic rings. The molecule has 2 heterocycles. The van der Waals surface area contributed by atoms with Crippen LogP contribution in [-0.4, -0.2) is 60.7 Å². The molecule has 1 fully saturated rings. The zero-order chi connectivity index (χ0) is 21.8. The Labute approximate surface area is 187 Å². The van der Waals surface area contributed by atoms with E-state index in [0.29, 0.717) is 61.3 Å². The number of nitrogens with one attached hydrogen (secondary N) is 1. The van der Waals surface area contributed by atoms with Gasteiger partial charge in [0.05, 0.1) is 31.6 Å². The number of ether oxygens (including phenoxy) is 2. The Hall–Kier alpha value is -2.64. The third kappa shape index (κ3) is 4.67. The van der Waals surface area contributed by atoms with Crippen molar-refractivity contribution in [3.63, 3.8) is 0 Å². The summed E-state index contributed by atoms with van der Waals surface area (Å²) in [6, 6.07) is 5.57. The Morgan fingerprint density at radius 1 is 1.29 bits per heavy atom. The van der Waals surface area contributed by atoms with Gasteiger partial charge in [-0.25, -0.2) is 9.97 Å². The van der Waals surface area contributed by atoms with Gasteiger partial charge in [0.15, 0.2) is 0 Å². The zero-order valence-corrected chi connectivity index (χ0v) is 18.7. The van der Waals surface area contributed by atoms with Crippen molar-refractivity contribution < 1.29 is 14.3 Å². The average molecular weight is 443 g/mol. The Bertz CT molecular complexity index is 1000. The molecule has 164 valence electrons. The lowest BCUT2D eigenvalue weighted by Gasteiger charge is -2.27. The molecule has 1 aliphatic heterocycles. The lowest BCUT2D eigenvalue weighted by Crippen LogP contribution is -2.40. The van der Waals surface area contributed by atoms with E-state index in [9.17, 15) is 4.79 Å². The van der Waals surface area contributed by atoms with Crippen LogP contribution in [0.2, 0.25) is 0 Å². The topological polar surface area (TPSA) is 76.6 Å². The second-order valence-electron chi connectivity index (χ2n) is 7.60. The van der Waals surface area contributed by atoms with Crippen LogP contribution in [0.25, 0.3) is 5.03 Å². The van der Waals surface area contributed by atoms with Crippen LogP contribution < -0.4 is 10.1 Å². The number of carbonyl (C=O) groups is 1. The smallest absolute Gasteiger partial charge is 0.254 e. The fourth-order valence-electron chi connectivity index (χ4n) is 3.84. The zero-order valence-electron chi connectivity index (χ0n) is 17.9. The van der Waals surface area contributed by atoms with E-state index in [-0.39, 0.29) is 5.91 Å². The molecule has 1 N–H and O–H groups in total. The summed E-state index contributed by atoms with van der Waals surface area (Å²) in [4.78, 5) is 24.1. The van der Waals surface area contributed by atoms with E-state index >= 15 is 0 Å². The van der Waals surface area contributed by atoms with Crippen LogP contribution in [0.1, 0.15) is 46.3 Å². The maximum atomic E-state index is 12.8. The number of aromatic nitrogens is 2. The molecule has 1 aliphatic carbocycles. The van der Waals surface area contributed by atoms with Gasteiger partial charge in [-0.15, -0.1) is 0 Å². The van der Waals surface area contributed by atoms with Crippen LogP contribution in [0.5, 0.6) is 5.75 Å². The number of anilines is 1. The molecular formula is C23H27ClN4O3. The number of hydrogen-bond donors (Lipinski definition) is 1. The number of halogens is 1. The number of methoxy groups -OCH3 is 1. The number of benzene rings is 1. The van der Waals surface area contributed by atoms with Gasteiger partial charge >= 0.3 is 0 Å². The SMILES string of the molecule is CCCNc1nc(Cc2ccc(C(=O)N3CCOCC3)cc2OC)nc2c1C(Cl)=CC2. The molecule has 0 unspecified atom stereocenters. The predicted molar refractivity (Wildman–Crippen MR) is 121 cm³/mol. The number of rotatable bonds is 7. The number of morpholine rings is 1.